The molecule has 2 amide bonds. The number of carbonyl (C=O) groups excluding carboxylic acids is 1. The van der Waals surface area contributed by atoms with Crippen LogP contribution in [0.3, 0.4) is 0 Å². The van der Waals surface area contributed by atoms with Crippen molar-refractivity contribution in [2.24, 2.45) is 5.92 Å². The summed E-state index contributed by atoms with van der Waals surface area (Å²) in [6, 6.07) is 8.16. The Kier molecular flexibility index (Phi) is 7.03. The quantitative estimate of drug-likeness (QED) is 0.623. The zero-order valence-electron chi connectivity index (χ0n) is 15.3. The zero-order valence-corrected chi connectivity index (χ0v) is 16.1. The van der Waals surface area contributed by atoms with Crippen LogP contribution in [0, 0.1) is 5.92 Å². The highest BCUT2D eigenvalue weighted by molar-refractivity contribution is 7.13. The van der Waals surface area contributed by atoms with E-state index in [1.807, 2.05) is 23.6 Å². The molecule has 0 spiro atoms. The number of para-hydroxylation sites is 1. The van der Waals surface area contributed by atoms with E-state index in [1.165, 1.54) is 49.9 Å². The average Bonchev–Trinajstić information content (AvgIpc) is 3.14. The lowest BCUT2D eigenvalue weighted by molar-refractivity contribution is 0.262. The minimum atomic E-state index is -0.261. The molecule has 140 valence electrons. The summed E-state index contributed by atoms with van der Waals surface area (Å²) >= 11 is 1.40. The molecule has 1 heterocycles. The van der Waals surface area contributed by atoms with Gasteiger partial charge in [0, 0.05) is 29.9 Å². The third-order valence-electron chi connectivity index (χ3n) is 4.97. The molecule has 1 atom stereocenters. The van der Waals surface area contributed by atoms with Gasteiger partial charge in [-0.25, -0.2) is 9.78 Å². The zero-order chi connectivity index (χ0) is 18.2. The number of benzene rings is 1. The fourth-order valence-corrected chi connectivity index (χ4v) is 4.15. The Morgan fingerprint density at radius 2 is 2.04 bits per heavy atom. The number of anilines is 2. The van der Waals surface area contributed by atoms with E-state index in [1.54, 1.807) is 6.20 Å². The first-order valence-electron chi connectivity index (χ1n) is 9.49. The summed E-state index contributed by atoms with van der Waals surface area (Å²) in [6.45, 7) is 3.02. The van der Waals surface area contributed by atoms with Crippen LogP contribution in [0.1, 0.15) is 51.0 Å². The van der Waals surface area contributed by atoms with Gasteiger partial charge in [0.25, 0.3) is 0 Å². The van der Waals surface area contributed by atoms with Gasteiger partial charge in [0.05, 0.1) is 0 Å². The normalized spacial score (nSPS) is 16.2. The van der Waals surface area contributed by atoms with Crippen LogP contribution in [-0.4, -0.2) is 17.1 Å². The van der Waals surface area contributed by atoms with Gasteiger partial charge in [-0.2, -0.15) is 0 Å². The smallest absolute Gasteiger partial charge is 0.310 e. The Morgan fingerprint density at radius 3 is 2.81 bits per heavy atom. The average molecular weight is 373 g/mol. The maximum absolute atomic E-state index is 12.2. The molecular formula is C20H28N4OS. The number of hydrogen-bond acceptors (Lipinski definition) is 4. The minimum Gasteiger partial charge on any atom is -0.310 e. The lowest BCUT2D eigenvalue weighted by atomic mass is 9.85. The summed E-state index contributed by atoms with van der Waals surface area (Å²) in [5, 5.41) is 11.7. The number of amides is 2. The summed E-state index contributed by atoms with van der Waals surface area (Å²) in [4.78, 5) is 16.2. The van der Waals surface area contributed by atoms with E-state index in [2.05, 4.69) is 33.9 Å². The van der Waals surface area contributed by atoms with E-state index >= 15 is 0 Å². The van der Waals surface area contributed by atoms with Gasteiger partial charge in [-0.3, -0.25) is 5.32 Å². The highest BCUT2D eigenvalue weighted by Crippen LogP contribution is 2.27. The Bertz CT molecular complexity index is 683. The number of urea groups is 1. The van der Waals surface area contributed by atoms with Crippen LogP contribution in [0.4, 0.5) is 15.6 Å². The third-order valence-corrected chi connectivity index (χ3v) is 5.66. The molecule has 3 N–H and O–H groups in total. The summed E-state index contributed by atoms with van der Waals surface area (Å²) < 4.78 is 0. The predicted octanol–water partition coefficient (Wildman–Crippen LogP) is 5.24. The molecule has 0 radical (unpaired) electrons. The maximum atomic E-state index is 12.2. The second kappa shape index (κ2) is 9.69. The molecule has 3 rings (SSSR count). The first kappa shape index (κ1) is 18.9. The molecule has 0 saturated heterocycles. The molecule has 2 aromatic rings. The predicted molar refractivity (Wildman–Crippen MR) is 109 cm³/mol. The Hall–Kier alpha value is -1.92. The van der Waals surface area contributed by atoms with Crippen molar-refractivity contribution in [3.8, 4) is 0 Å². The van der Waals surface area contributed by atoms with Crippen molar-refractivity contribution in [2.75, 3.05) is 10.6 Å². The number of hydrogen-bond donors (Lipinski definition) is 3. The molecule has 1 aliphatic carbocycles. The Morgan fingerprint density at radius 1 is 1.23 bits per heavy atom. The van der Waals surface area contributed by atoms with E-state index in [0.29, 0.717) is 11.2 Å². The third kappa shape index (κ3) is 5.81. The molecule has 1 aromatic heterocycles. The van der Waals surface area contributed by atoms with Crippen molar-refractivity contribution in [1.82, 2.24) is 10.3 Å². The standard InChI is InChI=1S/C20H28N4OS/c1-15(13-16-7-3-2-4-8-16)22-14-17-9-5-6-10-18(17)23-19(25)24-20-21-11-12-26-20/h5-6,9-12,15-16,22H,2-4,7-8,13-14H2,1H3,(H2,21,23,24,25)/t15-/m0/s1. The number of aromatic nitrogens is 1. The van der Waals surface area contributed by atoms with Crippen molar-refractivity contribution in [3.63, 3.8) is 0 Å². The second-order valence-electron chi connectivity index (χ2n) is 7.10. The molecule has 1 saturated carbocycles. The fourth-order valence-electron chi connectivity index (χ4n) is 3.62. The van der Waals surface area contributed by atoms with Crippen molar-refractivity contribution in [1.29, 1.82) is 0 Å². The van der Waals surface area contributed by atoms with Crippen molar-refractivity contribution < 1.29 is 4.79 Å². The Balaban J connectivity index is 1.50. The minimum absolute atomic E-state index is 0.261. The van der Waals surface area contributed by atoms with Gasteiger partial charge in [-0.1, -0.05) is 50.3 Å². The summed E-state index contributed by atoms with van der Waals surface area (Å²) in [5.74, 6) is 0.865. The highest BCUT2D eigenvalue weighted by Gasteiger charge is 2.16. The van der Waals surface area contributed by atoms with E-state index in [4.69, 9.17) is 0 Å². The molecule has 1 aliphatic rings. The lowest BCUT2D eigenvalue weighted by Crippen LogP contribution is -2.29. The topological polar surface area (TPSA) is 66.0 Å². The van der Waals surface area contributed by atoms with Crippen LogP contribution >= 0.6 is 11.3 Å². The summed E-state index contributed by atoms with van der Waals surface area (Å²) in [6.07, 6.45) is 9.84. The van der Waals surface area contributed by atoms with Gasteiger partial charge in [-0.05, 0) is 30.9 Å². The van der Waals surface area contributed by atoms with Gasteiger partial charge in [0.2, 0.25) is 0 Å². The molecule has 0 bridgehead atoms. The van der Waals surface area contributed by atoms with Crippen LogP contribution in [0.5, 0.6) is 0 Å². The summed E-state index contributed by atoms with van der Waals surface area (Å²) in [5.41, 5.74) is 1.93. The van der Waals surface area contributed by atoms with Crippen LogP contribution < -0.4 is 16.0 Å². The van der Waals surface area contributed by atoms with Crippen molar-refractivity contribution in [2.45, 2.75) is 58.0 Å². The van der Waals surface area contributed by atoms with Crippen LogP contribution in [0.25, 0.3) is 0 Å². The second-order valence-corrected chi connectivity index (χ2v) is 7.99. The number of nitrogens with one attached hydrogen (secondary N) is 3. The lowest BCUT2D eigenvalue weighted by Gasteiger charge is -2.25. The monoisotopic (exact) mass is 372 g/mol. The van der Waals surface area contributed by atoms with E-state index in [9.17, 15) is 4.79 Å². The first-order chi connectivity index (χ1) is 12.7. The van der Waals surface area contributed by atoms with E-state index in [-0.39, 0.29) is 6.03 Å². The van der Waals surface area contributed by atoms with Gasteiger partial charge >= 0.3 is 6.03 Å². The van der Waals surface area contributed by atoms with E-state index in [0.717, 1.165) is 23.7 Å². The maximum Gasteiger partial charge on any atom is 0.325 e. The molecule has 1 fully saturated rings. The molecule has 26 heavy (non-hydrogen) atoms. The van der Waals surface area contributed by atoms with Crippen molar-refractivity contribution >= 4 is 28.2 Å². The largest absolute Gasteiger partial charge is 0.325 e. The summed E-state index contributed by atoms with van der Waals surface area (Å²) in [7, 11) is 0. The molecule has 6 heteroatoms. The first-order valence-corrected chi connectivity index (χ1v) is 10.4. The van der Waals surface area contributed by atoms with Crippen LogP contribution in [0.15, 0.2) is 35.8 Å². The van der Waals surface area contributed by atoms with E-state index < -0.39 is 0 Å². The number of rotatable bonds is 7. The van der Waals surface area contributed by atoms with Crippen LogP contribution in [0.2, 0.25) is 0 Å². The molecule has 5 nitrogen and oxygen atoms in total. The van der Waals surface area contributed by atoms with Gasteiger partial charge in [0.1, 0.15) is 0 Å². The molecular weight excluding hydrogens is 344 g/mol. The highest BCUT2D eigenvalue weighted by atomic mass is 32.1. The fraction of sp³-hybridized carbons (Fsp3) is 0.500. The van der Waals surface area contributed by atoms with Gasteiger partial charge < -0.3 is 10.6 Å². The number of carbonyl (C=O) groups is 1. The Labute approximate surface area is 159 Å². The van der Waals surface area contributed by atoms with Gasteiger partial charge in [0.15, 0.2) is 5.13 Å². The number of nitrogens with zero attached hydrogens (tertiary/aromatic N) is 1. The van der Waals surface area contributed by atoms with Crippen LogP contribution in [-0.2, 0) is 6.54 Å². The number of thiazole rings is 1. The molecule has 1 aromatic carbocycles. The molecule has 0 aliphatic heterocycles. The van der Waals surface area contributed by atoms with Crippen molar-refractivity contribution in [3.05, 3.63) is 41.4 Å². The SMILES string of the molecule is C[C@@H](CC1CCCCC1)NCc1ccccc1NC(=O)Nc1nccs1. The van der Waals surface area contributed by atoms with Gasteiger partial charge in [-0.15, -0.1) is 11.3 Å². The molecule has 0 unspecified atom stereocenters.